The molecule has 0 aliphatic carbocycles. The molecule has 10 rings (SSSR count). The number of benzene rings is 7. The minimum absolute atomic E-state index is 1.08. The number of para-hydroxylation sites is 1. The number of nitrogens with zero attached hydrogens (tertiary/aromatic N) is 2. The second kappa shape index (κ2) is 8.16. The summed E-state index contributed by atoms with van der Waals surface area (Å²) >= 11 is 1.85. The van der Waals surface area contributed by atoms with Gasteiger partial charge in [0.25, 0.3) is 0 Å². The summed E-state index contributed by atoms with van der Waals surface area (Å²) < 4.78 is 5.08. The Morgan fingerprint density at radius 3 is 2.10 bits per heavy atom. The van der Waals surface area contributed by atoms with Crippen LogP contribution in [-0.4, -0.2) is 9.55 Å². The summed E-state index contributed by atoms with van der Waals surface area (Å²) in [6.45, 7) is 0. The fraction of sp³-hybridized carbons (Fsp3) is 0. The van der Waals surface area contributed by atoms with E-state index in [1.807, 2.05) is 17.5 Å². The topological polar surface area (TPSA) is 17.8 Å². The van der Waals surface area contributed by atoms with Crippen LogP contribution in [0.4, 0.5) is 0 Å². The van der Waals surface area contributed by atoms with Gasteiger partial charge in [-0.1, -0.05) is 103 Å². The second-order valence-corrected chi connectivity index (χ2v) is 12.2. The summed E-state index contributed by atoms with van der Waals surface area (Å²) in [4.78, 5) is 4.97. The zero-order valence-corrected chi connectivity index (χ0v) is 23.3. The summed E-state index contributed by atoms with van der Waals surface area (Å²) in [7, 11) is 0. The lowest BCUT2D eigenvalue weighted by molar-refractivity contribution is 1.21. The molecule has 0 atom stereocenters. The Kier molecular flexibility index (Phi) is 4.36. The summed E-state index contributed by atoms with van der Waals surface area (Å²) in [6.07, 6.45) is 1.93. The SMILES string of the molecule is c1ccc2c(c1)ccc1c3ccccc3c(-n3c4ccccc4c4c5cccnc5c5sc6ccccc6c5c43)cc21. The molecule has 0 saturated carbocycles. The highest BCUT2D eigenvalue weighted by molar-refractivity contribution is 7.26. The van der Waals surface area contributed by atoms with Gasteiger partial charge in [0, 0.05) is 43.2 Å². The number of hydrogen-bond donors (Lipinski definition) is 0. The molecule has 0 aliphatic heterocycles. The molecule has 3 heterocycles. The van der Waals surface area contributed by atoms with E-state index in [2.05, 4.69) is 132 Å². The first-order valence-electron chi connectivity index (χ1n) is 14.3. The van der Waals surface area contributed by atoms with Gasteiger partial charge in [0.1, 0.15) is 0 Å². The number of thiophene rings is 1. The lowest BCUT2D eigenvalue weighted by Gasteiger charge is -2.16. The van der Waals surface area contributed by atoms with Crippen molar-refractivity contribution in [3.8, 4) is 5.69 Å². The van der Waals surface area contributed by atoms with E-state index < -0.39 is 0 Å². The molecule has 0 saturated heterocycles. The van der Waals surface area contributed by atoms with Crippen LogP contribution < -0.4 is 0 Å². The van der Waals surface area contributed by atoms with Crippen molar-refractivity contribution in [1.82, 2.24) is 9.55 Å². The Bertz CT molecular complexity index is 2750. The Morgan fingerprint density at radius 2 is 1.19 bits per heavy atom. The molecule has 0 unspecified atom stereocenters. The predicted molar refractivity (Wildman–Crippen MR) is 181 cm³/mol. The molecule has 0 spiro atoms. The van der Waals surface area contributed by atoms with Crippen molar-refractivity contribution in [2.75, 3.05) is 0 Å². The van der Waals surface area contributed by atoms with Gasteiger partial charge in [-0.15, -0.1) is 11.3 Å². The van der Waals surface area contributed by atoms with Crippen molar-refractivity contribution >= 4 is 96.5 Å². The molecule has 0 bridgehead atoms. The van der Waals surface area contributed by atoms with E-state index in [1.165, 1.54) is 85.4 Å². The molecule has 42 heavy (non-hydrogen) atoms. The highest BCUT2D eigenvalue weighted by atomic mass is 32.1. The number of pyridine rings is 1. The van der Waals surface area contributed by atoms with Gasteiger partial charge in [-0.05, 0) is 51.2 Å². The third-order valence-corrected chi connectivity index (χ3v) is 10.2. The Morgan fingerprint density at radius 1 is 0.500 bits per heavy atom. The van der Waals surface area contributed by atoms with Gasteiger partial charge in [-0.25, -0.2) is 0 Å². The highest BCUT2D eigenvalue weighted by Gasteiger charge is 2.23. The fourth-order valence-electron chi connectivity index (χ4n) is 7.26. The quantitative estimate of drug-likeness (QED) is 0.186. The van der Waals surface area contributed by atoms with E-state index in [1.54, 1.807) is 0 Å². The van der Waals surface area contributed by atoms with Gasteiger partial charge in [-0.3, -0.25) is 4.98 Å². The van der Waals surface area contributed by atoms with Crippen LogP contribution >= 0.6 is 11.3 Å². The monoisotopic (exact) mass is 550 g/mol. The Hall–Kier alpha value is -5.25. The molecule has 2 nitrogen and oxygen atoms in total. The van der Waals surface area contributed by atoms with Crippen LogP contribution in [0.1, 0.15) is 0 Å². The third-order valence-electron chi connectivity index (χ3n) is 8.98. The minimum atomic E-state index is 1.08. The van der Waals surface area contributed by atoms with E-state index in [0.29, 0.717) is 0 Å². The molecular weight excluding hydrogens is 529 g/mol. The van der Waals surface area contributed by atoms with Crippen LogP contribution in [0.25, 0.3) is 90.9 Å². The third kappa shape index (κ3) is 2.81. The number of hydrogen-bond acceptors (Lipinski definition) is 2. The zero-order chi connectivity index (χ0) is 27.4. The highest BCUT2D eigenvalue weighted by Crippen LogP contribution is 2.48. The number of rotatable bonds is 1. The zero-order valence-electron chi connectivity index (χ0n) is 22.5. The standard InChI is InChI=1S/C39H22N2S/c1-2-11-24-23(10-1)19-20-26-25-12-3-4-13-27(25)33(22-31(24)26)41-32-17-7-5-14-28(32)35-30-16-9-21-40-37(30)39-36(38(35)41)29-15-6-8-18-34(29)42-39/h1-22H. The molecule has 3 heteroatoms. The maximum Gasteiger partial charge on any atom is 0.0888 e. The van der Waals surface area contributed by atoms with Gasteiger partial charge in [0.2, 0.25) is 0 Å². The Labute approximate surface area is 244 Å². The van der Waals surface area contributed by atoms with Crippen molar-refractivity contribution in [2.45, 2.75) is 0 Å². The van der Waals surface area contributed by atoms with E-state index in [0.717, 1.165) is 5.52 Å². The molecule has 0 N–H and O–H groups in total. The summed E-state index contributed by atoms with van der Waals surface area (Å²) in [6, 6.07) is 46.6. The van der Waals surface area contributed by atoms with Crippen LogP contribution in [-0.2, 0) is 0 Å². The van der Waals surface area contributed by atoms with Crippen molar-refractivity contribution < 1.29 is 0 Å². The summed E-state index contributed by atoms with van der Waals surface area (Å²) in [5.41, 5.74) is 4.76. The van der Waals surface area contributed by atoms with E-state index in [-0.39, 0.29) is 0 Å². The molecular formula is C39H22N2S. The van der Waals surface area contributed by atoms with Gasteiger partial charge < -0.3 is 4.57 Å². The van der Waals surface area contributed by atoms with Gasteiger partial charge in [0.05, 0.1) is 26.9 Å². The van der Waals surface area contributed by atoms with Crippen LogP contribution in [0.5, 0.6) is 0 Å². The molecule has 0 aliphatic rings. The predicted octanol–water partition coefficient (Wildman–Crippen LogP) is 11.2. The lowest BCUT2D eigenvalue weighted by atomic mass is 9.95. The molecule has 10 aromatic rings. The molecule has 0 radical (unpaired) electrons. The summed E-state index contributed by atoms with van der Waals surface area (Å²) in [5.74, 6) is 0. The molecule has 0 fully saturated rings. The van der Waals surface area contributed by atoms with Gasteiger partial charge >= 0.3 is 0 Å². The van der Waals surface area contributed by atoms with Crippen molar-refractivity contribution in [3.05, 3.63) is 134 Å². The number of aromatic nitrogens is 2. The largest absolute Gasteiger partial charge is 0.308 e. The minimum Gasteiger partial charge on any atom is -0.308 e. The normalized spacial score (nSPS) is 12.3. The van der Waals surface area contributed by atoms with Crippen LogP contribution in [0.15, 0.2) is 134 Å². The molecule has 7 aromatic carbocycles. The van der Waals surface area contributed by atoms with E-state index in [9.17, 15) is 0 Å². The van der Waals surface area contributed by atoms with Gasteiger partial charge in [0.15, 0.2) is 0 Å². The second-order valence-electron chi connectivity index (χ2n) is 11.1. The lowest BCUT2D eigenvalue weighted by Crippen LogP contribution is -1.97. The first-order chi connectivity index (χ1) is 20.9. The van der Waals surface area contributed by atoms with Gasteiger partial charge in [-0.2, -0.15) is 0 Å². The first kappa shape index (κ1) is 22.4. The molecule has 194 valence electrons. The number of fused-ring (bicyclic) bond motifs is 15. The van der Waals surface area contributed by atoms with E-state index in [4.69, 9.17) is 4.98 Å². The van der Waals surface area contributed by atoms with Crippen molar-refractivity contribution in [2.24, 2.45) is 0 Å². The summed E-state index contributed by atoms with van der Waals surface area (Å²) in [5, 5.41) is 13.9. The maximum absolute atomic E-state index is 4.97. The molecule has 0 amide bonds. The first-order valence-corrected chi connectivity index (χ1v) is 15.1. The average molecular weight is 551 g/mol. The average Bonchev–Trinajstić information content (AvgIpc) is 3.61. The Balaban J connectivity index is 1.54. The van der Waals surface area contributed by atoms with Crippen LogP contribution in [0, 0.1) is 0 Å². The van der Waals surface area contributed by atoms with Crippen molar-refractivity contribution in [1.29, 1.82) is 0 Å². The van der Waals surface area contributed by atoms with Crippen LogP contribution in [0.2, 0.25) is 0 Å². The molecule has 3 aromatic heterocycles. The van der Waals surface area contributed by atoms with Crippen molar-refractivity contribution in [3.63, 3.8) is 0 Å². The maximum atomic E-state index is 4.97. The smallest absolute Gasteiger partial charge is 0.0888 e. The fourth-order valence-corrected chi connectivity index (χ4v) is 8.48. The van der Waals surface area contributed by atoms with E-state index >= 15 is 0 Å². The van der Waals surface area contributed by atoms with Crippen LogP contribution in [0.3, 0.4) is 0 Å².